The molecule has 0 saturated heterocycles. The first-order valence-electron chi connectivity index (χ1n) is 6.18. The number of carbonyl (C=O) groups is 1. The minimum absolute atomic E-state index is 0.0648. The quantitative estimate of drug-likeness (QED) is 0.582. The summed E-state index contributed by atoms with van der Waals surface area (Å²) in [6.07, 6.45) is 0. The highest BCUT2D eigenvalue weighted by molar-refractivity contribution is 8.00. The predicted molar refractivity (Wildman–Crippen MR) is 86.2 cm³/mol. The normalized spacial score (nSPS) is 12.0. The average molecular weight is 342 g/mol. The molecule has 1 aromatic heterocycles. The predicted octanol–water partition coefficient (Wildman–Crippen LogP) is 2.55. The number of carbonyl (C=O) groups excluding carboxylic acids is 1. The second-order valence-electron chi connectivity index (χ2n) is 4.38. The SMILES string of the molecule is CC(Sc1nc(N)cc(N)n1)C(=O)Nc1ccc(F)c(Cl)c1. The van der Waals surface area contributed by atoms with Crippen molar-refractivity contribution >= 4 is 46.6 Å². The van der Waals surface area contributed by atoms with Crippen LogP contribution in [0.25, 0.3) is 0 Å². The van der Waals surface area contributed by atoms with Gasteiger partial charge in [0.15, 0.2) is 5.16 Å². The van der Waals surface area contributed by atoms with Gasteiger partial charge >= 0.3 is 0 Å². The number of hydrogen-bond acceptors (Lipinski definition) is 6. The summed E-state index contributed by atoms with van der Waals surface area (Å²) in [6.45, 7) is 1.67. The molecule has 0 radical (unpaired) electrons. The summed E-state index contributed by atoms with van der Waals surface area (Å²) in [6, 6.07) is 5.36. The number of nitrogen functional groups attached to an aromatic ring is 2. The molecule has 0 spiro atoms. The zero-order valence-corrected chi connectivity index (χ0v) is 13.1. The number of nitrogens with zero attached hydrogens (tertiary/aromatic N) is 2. The van der Waals surface area contributed by atoms with Gasteiger partial charge < -0.3 is 16.8 Å². The molecule has 0 saturated carbocycles. The Morgan fingerprint density at radius 2 is 1.95 bits per heavy atom. The lowest BCUT2D eigenvalue weighted by Crippen LogP contribution is -2.22. The average Bonchev–Trinajstić information content (AvgIpc) is 2.41. The molecule has 2 aromatic rings. The van der Waals surface area contributed by atoms with E-state index < -0.39 is 11.1 Å². The summed E-state index contributed by atoms with van der Waals surface area (Å²) in [7, 11) is 0. The fourth-order valence-electron chi connectivity index (χ4n) is 1.54. The molecule has 0 aliphatic heterocycles. The third-order valence-corrected chi connectivity index (χ3v) is 3.83. The van der Waals surface area contributed by atoms with Gasteiger partial charge in [-0.25, -0.2) is 14.4 Å². The molecule has 6 nitrogen and oxygen atoms in total. The Hall–Kier alpha value is -2.06. The molecule has 9 heteroatoms. The maximum atomic E-state index is 13.1. The van der Waals surface area contributed by atoms with E-state index in [2.05, 4.69) is 15.3 Å². The van der Waals surface area contributed by atoms with E-state index in [1.807, 2.05) is 0 Å². The number of rotatable bonds is 4. The Labute approximate surface area is 135 Å². The van der Waals surface area contributed by atoms with E-state index in [4.69, 9.17) is 23.1 Å². The highest BCUT2D eigenvalue weighted by Crippen LogP contribution is 2.24. The van der Waals surface area contributed by atoms with Crippen molar-refractivity contribution in [2.45, 2.75) is 17.3 Å². The molecule has 116 valence electrons. The third kappa shape index (κ3) is 4.22. The van der Waals surface area contributed by atoms with Crippen molar-refractivity contribution in [3.8, 4) is 0 Å². The van der Waals surface area contributed by atoms with Gasteiger partial charge in [-0.15, -0.1) is 0 Å². The fraction of sp³-hybridized carbons (Fsp3) is 0.154. The number of halogens is 2. The van der Waals surface area contributed by atoms with Crippen LogP contribution in [0.5, 0.6) is 0 Å². The Morgan fingerprint density at radius 3 is 2.55 bits per heavy atom. The van der Waals surface area contributed by atoms with Crippen LogP contribution >= 0.6 is 23.4 Å². The summed E-state index contributed by atoms with van der Waals surface area (Å²) >= 11 is 6.77. The number of amides is 1. The summed E-state index contributed by atoms with van der Waals surface area (Å²) in [4.78, 5) is 20.1. The van der Waals surface area contributed by atoms with Crippen LogP contribution < -0.4 is 16.8 Å². The molecule has 0 fully saturated rings. The van der Waals surface area contributed by atoms with Crippen LogP contribution in [0, 0.1) is 5.82 Å². The van der Waals surface area contributed by atoms with E-state index in [1.165, 1.54) is 24.3 Å². The number of nitrogens with one attached hydrogen (secondary N) is 1. The molecular formula is C13H13ClFN5OS. The second kappa shape index (κ2) is 6.80. The molecule has 0 aliphatic rings. The third-order valence-electron chi connectivity index (χ3n) is 2.58. The van der Waals surface area contributed by atoms with Crippen LogP contribution in [0.2, 0.25) is 5.02 Å². The van der Waals surface area contributed by atoms with Crippen LogP contribution in [0.4, 0.5) is 21.7 Å². The smallest absolute Gasteiger partial charge is 0.237 e. The van der Waals surface area contributed by atoms with E-state index in [0.29, 0.717) is 10.8 Å². The van der Waals surface area contributed by atoms with Crippen molar-refractivity contribution in [2.75, 3.05) is 16.8 Å². The number of benzene rings is 1. The van der Waals surface area contributed by atoms with Gasteiger partial charge in [0.05, 0.1) is 10.3 Å². The standard InChI is InChI=1S/C13H13ClFN5OS/c1-6(22-13-19-10(16)5-11(17)20-13)12(21)18-7-2-3-9(15)8(14)4-7/h2-6H,1H3,(H,18,21)(H4,16,17,19,20). The molecule has 1 aromatic carbocycles. The van der Waals surface area contributed by atoms with Gasteiger partial charge in [-0.1, -0.05) is 23.4 Å². The number of hydrogen-bond donors (Lipinski definition) is 3. The van der Waals surface area contributed by atoms with E-state index in [9.17, 15) is 9.18 Å². The lowest BCUT2D eigenvalue weighted by molar-refractivity contribution is -0.115. The van der Waals surface area contributed by atoms with Gasteiger partial charge in [-0.05, 0) is 25.1 Å². The molecular weight excluding hydrogens is 329 g/mol. The first-order chi connectivity index (χ1) is 10.3. The minimum Gasteiger partial charge on any atom is -0.383 e. The van der Waals surface area contributed by atoms with Crippen molar-refractivity contribution in [1.82, 2.24) is 9.97 Å². The molecule has 5 N–H and O–H groups in total. The molecule has 1 unspecified atom stereocenters. The Morgan fingerprint density at radius 1 is 1.32 bits per heavy atom. The van der Waals surface area contributed by atoms with Gasteiger partial charge in [0, 0.05) is 11.8 Å². The van der Waals surface area contributed by atoms with Gasteiger partial charge in [0.1, 0.15) is 17.5 Å². The van der Waals surface area contributed by atoms with Crippen molar-refractivity contribution < 1.29 is 9.18 Å². The van der Waals surface area contributed by atoms with Gasteiger partial charge in [-0.3, -0.25) is 4.79 Å². The van der Waals surface area contributed by atoms with Crippen LogP contribution in [0.1, 0.15) is 6.92 Å². The highest BCUT2D eigenvalue weighted by Gasteiger charge is 2.17. The van der Waals surface area contributed by atoms with Gasteiger partial charge in [0.25, 0.3) is 0 Å². The van der Waals surface area contributed by atoms with Crippen LogP contribution in [-0.2, 0) is 4.79 Å². The fourth-order valence-corrected chi connectivity index (χ4v) is 2.52. The number of aromatic nitrogens is 2. The lowest BCUT2D eigenvalue weighted by Gasteiger charge is -2.12. The molecule has 1 amide bonds. The molecule has 1 atom stereocenters. The first kappa shape index (κ1) is 16.3. The van der Waals surface area contributed by atoms with Crippen LogP contribution in [0.3, 0.4) is 0 Å². The molecule has 0 bridgehead atoms. The van der Waals surface area contributed by atoms with Gasteiger partial charge in [-0.2, -0.15) is 0 Å². The van der Waals surface area contributed by atoms with E-state index >= 15 is 0 Å². The first-order valence-corrected chi connectivity index (χ1v) is 7.43. The van der Waals surface area contributed by atoms with Crippen LogP contribution in [-0.4, -0.2) is 21.1 Å². The van der Waals surface area contributed by atoms with E-state index in [0.717, 1.165) is 11.8 Å². The minimum atomic E-state index is -0.550. The maximum absolute atomic E-state index is 13.1. The topological polar surface area (TPSA) is 107 Å². The summed E-state index contributed by atoms with van der Waals surface area (Å²) < 4.78 is 13.1. The second-order valence-corrected chi connectivity index (χ2v) is 6.09. The highest BCUT2D eigenvalue weighted by atomic mass is 35.5. The molecule has 1 heterocycles. The zero-order valence-electron chi connectivity index (χ0n) is 11.5. The maximum Gasteiger partial charge on any atom is 0.237 e. The van der Waals surface area contributed by atoms with Crippen molar-refractivity contribution in [1.29, 1.82) is 0 Å². The van der Waals surface area contributed by atoms with Crippen molar-refractivity contribution in [2.24, 2.45) is 0 Å². The van der Waals surface area contributed by atoms with Crippen molar-refractivity contribution in [3.63, 3.8) is 0 Å². The van der Waals surface area contributed by atoms with Crippen molar-refractivity contribution in [3.05, 3.63) is 35.1 Å². The summed E-state index contributed by atoms with van der Waals surface area (Å²) in [5, 5.41) is 2.36. The van der Waals surface area contributed by atoms with E-state index in [-0.39, 0.29) is 22.6 Å². The van der Waals surface area contributed by atoms with Gasteiger partial charge in [0.2, 0.25) is 5.91 Å². The molecule has 22 heavy (non-hydrogen) atoms. The largest absolute Gasteiger partial charge is 0.383 e. The van der Waals surface area contributed by atoms with Crippen LogP contribution in [0.15, 0.2) is 29.4 Å². The summed E-state index contributed by atoms with van der Waals surface area (Å²) in [5.41, 5.74) is 11.5. The monoisotopic (exact) mass is 341 g/mol. The number of thioether (sulfide) groups is 1. The number of anilines is 3. The lowest BCUT2D eigenvalue weighted by atomic mass is 10.3. The molecule has 2 rings (SSSR count). The Kier molecular flexibility index (Phi) is 5.04. The summed E-state index contributed by atoms with van der Waals surface area (Å²) in [5.74, 6) is -0.399. The Bertz CT molecular complexity index is 695. The Balaban J connectivity index is 2.04. The number of nitrogens with two attached hydrogens (primary N) is 2. The van der Waals surface area contributed by atoms with E-state index in [1.54, 1.807) is 6.92 Å². The molecule has 0 aliphatic carbocycles. The zero-order chi connectivity index (χ0) is 16.3.